The molecule has 0 saturated heterocycles. The molecule has 0 radical (unpaired) electrons. The lowest BCUT2D eigenvalue weighted by Crippen LogP contribution is -2.31. The molecule has 0 bridgehead atoms. The lowest BCUT2D eigenvalue weighted by atomic mass is 9.92. The number of anilines is 1. The second kappa shape index (κ2) is 9.60. The fourth-order valence-corrected chi connectivity index (χ4v) is 3.65. The number of amides is 1. The van der Waals surface area contributed by atoms with Gasteiger partial charge in [0.2, 0.25) is 0 Å². The van der Waals surface area contributed by atoms with Crippen molar-refractivity contribution in [3.8, 4) is 0 Å². The van der Waals surface area contributed by atoms with Gasteiger partial charge in [-0.3, -0.25) is 14.5 Å². The van der Waals surface area contributed by atoms with Crippen LogP contribution in [0.2, 0.25) is 0 Å². The molecule has 1 atom stereocenters. The zero-order chi connectivity index (χ0) is 22.5. The van der Waals surface area contributed by atoms with Crippen molar-refractivity contribution in [2.24, 2.45) is 5.92 Å². The zero-order valence-electron chi connectivity index (χ0n) is 18.0. The number of ketones is 1. The molecular formula is C25H27NO5. The van der Waals surface area contributed by atoms with Gasteiger partial charge in [-0.25, -0.2) is 4.79 Å². The minimum absolute atomic E-state index is 0.0741. The molecule has 0 saturated carbocycles. The zero-order valence-corrected chi connectivity index (χ0v) is 18.0. The van der Waals surface area contributed by atoms with Crippen LogP contribution < -0.4 is 4.90 Å². The van der Waals surface area contributed by atoms with Crippen LogP contribution in [0.25, 0.3) is 0 Å². The van der Waals surface area contributed by atoms with Gasteiger partial charge in [0.05, 0.1) is 23.8 Å². The van der Waals surface area contributed by atoms with Gasteiger partial charge >= 0.3 is 5.97 Å². The number of hydrogen-bond acceptors (Lipinski definition) is 5. The van der Waals surface area contributed by atoms with Crippen LogP contribution in [-0.2, 0) is 14.3 Å². The summed E-state index contributed by atoms with van der Waals surface area (Å²) in [7, 11) is 0. The van der Waals surface area contributed by atoms with E-state index in [-0.39, 0.29) is 23.7 Å². The third kappa shape index (κ3) is 4.68. The van der Waals surface area contributed by atoms with Gasteiger partial charge in [-0.15, -0.1) is 0 Å². The van der Waals surface area contributed by atoms with Gasteiger partial charge in [-0.2, -0.15) is 0 Å². The van der Waals surface area contributed by atoms with Crippen LogP contribution in [0, 0.1) is 5.92 Å². The highest BCUT2D eigenvalue weighted by atomic mass is 16.5. The van der Waals surface area contributed by atoms with Gasteiger partial charge in [-0.1, -0.05) is 57.2 Å². The SMILES string of the molecule is CCCOC(=O)c1cccc(N2C(=O)C(O)=C(C(=O)CC(C)C)C2c2ccccc2)c1. The summed E-state index contributed by atoms with van der Waals surface area (Å²) in [6, 6.07) is 14.8. The summed E-state index contributed by atoms with van der Waals surface area (Å²) >= 11 is 0. The summed E-state index contributed by atoms with van der Waals surface area (Å²) in [6.45, 7) is 6.02. The predicted octanol–water partition coefficient (Wildman–Crippen LogP) is 4.77. The van der Waals surface area contributed by atoms with Crippen molar-refractivity contribution in [3.63, 3.8) is 0 Å². The molecular weight excluding hydrogens is 394 g/mol. The number of hydrogen-bond donors (Lipinski definition) is 1. The molecule has 1 aliphatic heterocycles. The van der Waals surface area contributed by atoms with E-state index >= 15 is 0 Å². The van der Waals surface area contributed by atoms with Crippen molar-refractivity contribution in [1.82, 2.24) is 0 Å². The van der Waals surface area contributed by atoms with E-state index in [0.29, 0.717) is 29.8 Å². The number of carbonyl (C=O) groups excluding carboxylic acids is 3. The van der Waals surface area contributed by atoms with E-state index in [0.717, 1.165) is 0 Å². The Balaban J connectivity index is 2.06. The Morgan fingerprint density at radius 3 is 2.45 bits per heavy atom. The fourth-order valence-electron chi connectivity index (χ4n) is 3.65. The van der Waals surface area contributed by atoms with Crippen molar-refractivity contribution < 1.29 is 24.2 Å². The van der Waals surface area contributed by atoms with E-state index in [1.807, 2.05) is 51.1 Å². The number of ether oxygens (including phenoxy) is 1. The maximum absolute atomic E-state index is 13.1. The molecule has 31 heavy (non-hydrogen) atoms. The van der Waals surface area contributed by atoms with Gasteiger partial charge in [0, 0.05) is 12.1 Å². The summed E-state index contributed by atoms with van der Waals surface area (Å²) in [5, 5.41) is 10.7. The summed E-state index contributed by atoms with van der Waals surface area (Å²) in [4.78, 5) is 39.8. The maximum atomic E-state index is 13.1. The Labute approximate surface area is 182 Å². The minimum Gasteiger partial charge on any atom is -0.503 e. The maximum Gasteiger partial charge on any atom is 0.338 e. The van der Waals surface area contributed by atoms with Crippen LogP contribution in [0.4, 0.5) is 5.69 Å². The predicted molar refractivity (Wildman–Crippen MR) is 118 cm³/mol. The standard InChI is InChI=1S/C25H27NO5/c1-4-13-31-25(30)18-11-8-12-19(15-18)26-22(17-9-6-5-7-10-17)21(23(28)24(26)29)20(27)14-16(2)3/h5-12,15-16,22,28H,4,13-14H2,1-3H3. The van der Waals surface area contributed by atoms with Crippen molar-refractivity contribution >= 4 is 23.3 Å². The van der Waals surface area contributed by atoms with E-state index in [1.54, 1.807) is 24.3 Å². The molecule has 1 unspecified atom stereocenters. The normalized spacial score (nSPS) is 16.2. The summed E-state index contributed by atoms with van der Waals surface area (Å²) < 4.78 is 5.20. The van der Waals surface area contributed by atoms with E-state index < -0.39 is 23.7 Å². The molecule has 6 nitrogen and oxygen atoms in total. The molecule has 1 heterocycles. The molecule has 3 rings (SSSR count). The first-order chi connectivity index (χ1) is 14.8. The molecule has 0 aromatic heterocycles. The first-order valence-corrected chi connectivity index (χ1v) is 10.5. The molecule has 0 aliphatic carbocycles. The van der Waals surface area contributed by atoms with Crippen LogP contribution in [0.15, 0.2) is 65.9 Å². The van der Waals surface area contributed by atoms with Crippen LogP contribution in [0.5, 0.6) is 0 Å². The average Bonchev–Trinajstić information content (AvgIpc) is 3.03. The summed E-state index contributed by atoms with van der Waals surface area (Å²) in [5.41, 5.74) is 1.49. The second-order valence-corrected chi connectivity index (χ2v) is 7.96. The number of esters is 1. The average molecular weight is 421 g/mol. The molecule has 1 amide bonds. The van der Waals surface area contributed by atoms with Crippen molar-refractivity contribution in [1.29, 1.82) is 0 Å². The molecule has 1 N–H and O–H groups in total. The molecule has 1 aliphatic rings. The number of rotatable bonds is 8. The summed E-state index contributed by atoms with van der Waals surface area (Å²) in [5.74, 6) is -1.89. The molecule has 162 valence electrons. The van der Waals surface area contributed by atoms with Crippen LogP contribution in [0.1, 0.15) is 55.6 Å². The highest BCUT2D eigenvalue weighted by Gasteiger charge is 2.44. The quantitative estimate of drug-likeness (QED) is 0.621. The molecule has 2 aromatic rings. The first-order valence-electron chi connectivity index (χ1n) is 10.5. The highest BCUT2D eigenvalue weighted by Crippen LogP contribution is 2.41. The number of carbonyl (C=O) groups is 3. The Bertz CT molecular complexity index is 1010. The molecule has 6 heteroatoms. The van der Waals surface area contributed by atoms with E-state index in [2.05, 4.69) is 0 Å². The number of benzene rings is 2. The fraction of sp³-hybridized carbons (Fsp3) is 0.320. The minimum atomic E-state index is -0.776. The van der Waals surface area contributed by atoms with Crippen molar-refractivity contribution in [2.75, 3.05) is 11.5 Å². The van der Waals surface area contributed by atoms with E-state index in [4.69, 9.17) is 4.74 Å². The first kappa shape index (κ1) is 22.3. The van der Waals surface area contributed by atoms with Crippen molar-refractivity contribution in [2.45, 2.75) is 39.7 Å². The van der Waals surface area contributed by atoms with Gasteiger partial charge in [0.25, 0.3) is 5.91 Å². The third-order valence-electron chi connectivity index (χ3n) is 5.01. The Morgan fingerprint density at radius 1 is 1.10 bits per heavy atom. The number of nitrogens with zero attached hydrogens (tertiary/aromatic N) is 1. The topological polar surface area (TPSA) is 83.9 Å². The highest BCUT2D eigenvalue weighted by molar-refractivity contribution is 6.16. The lowest BCUT2D eigenvalue weighted by molar-refractivity contribution is -0.118. The van der Waals surface area contributed by atoms with Gasteiger partial charge in [0.1, 0.15) is 0 Å². The lowest BCUT2D eigenvalue weighted by Gasteiger charge is -2.27. The summed E-state index contributed by atoms with van der Waals surface area (Å²) in [6.07, 6.45) is 0.915. The third-order valence-corrected chi connectivity index (χ3v) is 5.01. The van der Waals surface area contributed by atoms with Gasteiger partial charge in [0.15, 0.2) is 11.5 Å². The molecule has 0 fully saturated rings. The number of aliphatic hydroxyl groups is 1. The molecule has 0 spiro atoms. The van der Waals surface area contributed by atoms with E-state index in [1.165, 1.54) is 4.90 Å². The van der Waals surface area contributed by atoms with Gasteiger partial charge in [-0.05, 0) is 36.1 Å². The largest absolute Gasteiger partial charge is 0.503 e. The Morgan fingerprint density at radius 2 is 1.81 bits per heavy atom. The van der Waals surface area contributed by atoms with Gasteiger partial charge < -0.3 is 9.84 Å². The second-order valence-electron chi connectivity index (χ2n) is 7.96. The Kier molecular flexibility index (Phi) is 6.90. The van der Waals surface area contributed by atoms with E-state index in [9.17, 15) is 19.5 Å². The van der Waals surface area contributed by atoms with Crippen LogP contribution >= 0.6 is 0 Å². The Hall–Kier alpha value is -3.41. The monoisotopic (exact) mass is 421 g/mol. The van der Waals surface area contributed by atoms with Crippen molar-refractivity contribution in [3.05, 3.63) is 77.1 Å². The number of aliphatic hydroxyl groups excluding tert-OH is 1. The number of Topliss-reactive ketones (excluding diaryl/α,β-unsaturated/α-hetero) is 1. The smallest absolute Gasteiger partial charge is 0.338 e. The molecule has 2 aromatic carbocycles. The van der Waals surface area contributed by atoms with Crippen LogP contribution in [0.3, 0.4) is 0 Å². The van der Waals surface area contributed by atoms with Crippen LogP contribution in [-0.4, -0.2) is 29.4 Å².